The van der Waals surface area contributed by atoms with Gasteiger partial charge in [-0.25, -0.2) is 9.97 Å². The number of hydrogen-bond acceptors (Lipinski definition) is 2. The predicted octanol–water partition coefficient (Wildman–Crippen LogP) is 4.25. The molecular weight excluding hydrogens is 265 g/mol. The van der Waals surface area contributed by atoms with E-state index in [0.29, 0.717) is 5.39 Å². The molecule has 2 aromatic rings. The van der Waals surface area contributed by atoms with Crippen LogP contribution in [0.15, 0.2) is 18.2 Å². The van der Waals surface area contributed by atoms with Crippen molar-refractivity contribution >= 4 is 22.5 Å². The molecule has 0 saturated carbocycles. The standard InChI is InChI=1S/C12H10ClF3N2/c1-2-3-7-4-5-9-8(6-7)10(13)18-11(17-9)12(14,15)16/h4-6H,2-3H2,1H3. The second kappa shape index (κ2) is 4.72. The molecule has 18 heavy (non-hydrogen) atoms. The number of benzene rings is 1. The normalized spacial score (nSPS) is 12.1. The summed E-state index contributed by atoms with van der Waals surface area (Å²) in [4.78, 5) is 6.79. The Labute approximate surface area is 107 Å². The van der Waals surface area contributed by atoms with Crippen LogP contribution in [0, 0.1) is 0 Å². The average Bonchev–Trinajstić information content (AvgIpc) is 2.29. The Bertz CT molecular complexity index is 581. The molecular formula is C12H10ClF3N2. The second-order valence-electron chi connectivity index (χ2n) is 3.94. The predicted molar refractivity (Wildman–Crippen MR) is 63.5 cm³/mol. The lowest BCUT2D eigenvalue weighted by Gasteiger charge is -2.08. The van der Waals surface area contributed by atoms with Gasteiger partial charge in [0.15, 0.2) is 0 Å². The van der Waals surface area contributed by atoms with Gasteiger partial charge in [0.05, 0.1) is 5.52 Å². The van der Waals surface area contributed by atoms with Gasteiger partial charge in [0.25, 0.3) is 0 Å². The fraction of sp³-hybridized carbons (Fsp3) is 0.333. The first-order valence-electron chi connectivity index (χ1n) is 5.45. The summed E-state index contributed by atoms with van der Waals surface area (Å²) in [6.45, 7) is 2.02. The maximum atomic E-state index is 12.5. The van der Waals surface area contributed by atoms with Crippen LogP contribution in [-0.2, 0) is 12.6 Å². The van der Waals surface area contributed by atoms with Gasteiger partial charge in [0, 0.05) is 5.39 Å². The largest absolute Gasteiger partial charge is 0.451 e. The molecule has 0 fully saturated rings. The second-order valence-corrected chi connectivity index (χ2v) is 4.30. The maximum absolute atomic E-state index is 12.5. The highest BCUT2D eigenvalue weighted by atomic mass is 35.5. The van der Waals surface area contributed by atoms with Crippen LogP contribution in [0.3, 0.4) is 0 Å². The molecule has 0 amide bonds. The van der Waals surface area contributed by atoms with Crippen LogP contribution in [-0.4, -0.2) is 9.97 Å². The van der Waals surface area contributed by atoms with Crippen LogP contribution < -0.4 is 0 Å². The highest BCUT2D eigenvalue weighted by molar-refractivity contribution is 6.34. The van der Waals surface area contributed by atoms with Gasteiger partial charge in [-0.15, -0.1) is 0 Å². The average molecular weight is 275 g/mol. The third-order valence-electron chi connectivity index (χ3n) is 2.51. The van der Waals surface area contributed by atoms with Crippen LogP contribution in [0.25, 0.3) is 10.9 Å². The summed E-state index contributed by atoms with van der Waals surface area (Å²) in [6, 6.07) is 5.04. The van der Waals surface area contributed by atoms with Crippen molar-refractivity contribution in [1.82, 2.24) is 9.97 Å². The first-order chi connectivity index (χ1) is 8.41. The molecule has 0 saturated heterocycles. The third kappa shape index (κ3) is 2.56. The molecule has 2 rings (SSSR count). The Kier molecular flexibility index (Phi) is 3.43. The summed E-state index contributed by atoms with van der Waals surface area (Å²) in [6.07, 6.45) is -2.79. The van der Waals surface area contributed by atoms with Gasteiger partial charge in [-0.2, -0.15) is 13.2 Å². The Hall–Kier alpha value is -1.36. The quantitative estimate of drug-likeness (QED) is 0.765. The van der Waals surface area contributed by atoms with E-state index in [1.165, 1.54) is 0 Å². The molecule has 0 spiro atoms. The zero-order valence-electron chi connectivity index (χ0n) is 9.55. The summed E-state index contributed by atoms with van der Waals surface area (Å²) in [5.74, 6) is -1.21. The molecule has 0 unspecified atom stereocenters. The van der Waals surface area contributed by atoms with Crippen molar-refractivity contribution in [2.45, 2.75) is 25.9 Å². The first-order valence-corrected chi connectivity index (χ1v) is 5.83. The number of halogens is 4. The number of alkyl halides is 3. The SMILES string of the molecule is CCCc1ccc2nc(C(F)(F)F)nc(Cl)c2c1. The van der Waals surface area contributed by atoms with Crippen LogP contribution in [0.2, 0.25) is 5.15 Å². The molecule has 0 bridgehead atoms. The van der Waals surface area contributed by atoms with E-state index in [4.69, 9.17) is 11.6 Å². The van der Waals surface area contributed by atoms with E-state index in [9.17, 15) is 13.2 Å². The van der Waals surface area contributed by atoms with Gasteiger partial charge in [0.1, 0.15) is 5.15 Å². The van der Waals surface area contributed by atoms with Crippen molar-refractivity contribution in [1.29, 1.82) is 0 Å². The lowest BCUT2D eigenvalue weighted by molar-refractivity contribution is -0.144. The molecule has 1 aromatic heterocycles. The minimum atomic E-state index is -4.58. The lowest BCUT2D eigenvalue weighted by atomic mass is 10.1. The minimum absolute atomic E-state index is 0.162. The Balaban J connectivity index is 2.59. The summed E-state index contributed by atoms with van der Waals surface area (Å²) in [5.41, 5.74) is 1.22. The van der Waals surface area contributed by atoms with Crippen molar-refractivity contribution in [3.05, 3.63) is 34.7 Å². The molecule has 0 atom stereocenters. The highest BCUT2D eigenvalue weighted by Gasteiger charge is 2.35. The molecule has 6 heteroatoms. The zero-order valence-corrected chi connectivity index (χ0v) is 10.3. The van der Waals surface area contributed by atoms with Crippen LogP contribution in [0.1, 0.15) is 24.7 Å². The fourth-order valence-electron chi connectivity index (χ4n) is 1.71. The van der Waals surface area contributed by atoms with E-state index < -0.39 is 12.0 Å². The monoisotopic (exact) mass is 274 g/mol. The molecule has 0 aliphatic carbocycles. The number of fused-ring (bicyclic) bond motifs is 1. The molecule has 1 heterocycles. The number of aryl methyl sites for hydroxylation is 1. The summed E-state index contributed by atoms with van der Waals surface area (Å²) >= 11 is 5.79. The van der Waals surface area contributed by atoms with E-state index in [-0.39, 0.29) is 10.7 Å². The van der Waals surface area contributed by atoms with Crippen LogP contribution in [0.4, 0.5) is 13.2 Å². The summed E-state index contributed by atoms with van der Waals surface area (Å²) in [7, 11) is 0. The first kappa shape index (κ1) is 13.1. The van der Waals surface area contributed by atoms with E-state index in [2.05, 4.69) is 9.97 Å². The van der Waals surface area contributed by atoms with E-state index in [1.54, 1.807) is 18.2 Å². The Morgan fingerprint density at radius 3 is 2.56 bits per heavy atom. The van der Waals surface area contributed by atoms with Crippen molar-refractivity contribution in [3.63, 3.8) is 0 Å². The van der Waals surface area contributed by atoms with E-state index >= 15 is 0 Å². The maximum Gasteiger partial charge on any atom is 0.451 e. The van der Waals surface area contributed by atoms with E-state index in [0.717, 1.165) is 18.4 Å². The molecule has 1 aromatic carbocycles. The topological polar surface area (TPSA) is 25.8 Å². The minimum Gasteiger partial charge on any atom is -0.224 e. The molecule has 0 aliphatic heterocycles. The van der Waals surface area contributed by atoms with Crippen molar-refractivity contribution in [2.75, 3.05) is 0 Å². The number of nitrogens with zero attached hydrogens (tertiary/aromatic N) is 2. The van der Waals surface area contributed by atoms with Gasteiger partial charge in [-0.05, 0) is 24.1 Å². The van der Waals surface area contributed by atoms with Crippen LogP contribution in [0.5, 0.6) is 0 Å². The molecule has 96 valence electrons. The van der Waals surface area contributed by atoms with Gasteiger partial charge < -0.3 is 0 Å². The third-order valence-corrected chi connectivity index (χ3v) is 2.79. The van der Waals surface area contributed by atoms with Gasteiger partial charge in [0.2, 0.25) is 5.82 Å². The Morgan fingerprint density at radius 2 is 1.94 bits per heavy atom. The molecule has 2 nitrogen and oxygen atoms in total. The van der Waals surface area contributed by atoms with Crippen molar-refractivity contribution in [3.8, 4) is 0 Å². The molecule has 0 aliphatic rings. The lowest BCUT2D eigenvalue weighted by Crippen LogP contribution is -2.11. The summed E-state index contributed by atoms with van der Waals surface area (Å²) < 4.78 is 37.5. The zero-order chi connectivity index (χ0) is 13.3. The summed E-state index contributed by atoms with van der Waals surface area (Å²) in [5, 5.41) is 0.292. The molecule has 0 radical (unpaired) electrons. The van der Waals surface area contributed by atoms with Crippen molar-refractivity contribution in [2.24, 2.45) is 0 Å². The van der Waals surface area contributed by atoms with E-state index in [1.807, 2.05) is 6.92 Å². The number of hydrogen-bond donors (Lipinski definition) is 0. The van der Waals surface area contributed by atoms with Gasteiger partial charge >= 0.3 is 6.18 Å². The molecule has 0 N–H and O–H groups in total. The highest BCUT2D eigenvalue weighted by Crippen LogP contribution is 2.30. The smallest absolute Gasteiger partial charge is 0.224 e. The fourth-order valence-corrected chi connectivity index (χ4v) is 1.94. The van der Waals surface area contributed by atoms with Crippen molar-refractivity contribution < 1.29 is 13.2 Å². The number of rotatable bonds is 2. The number of aromatic nitrogens is 2. The van der Waals surface area contributed by atoms with Crippen LogP contribution >= 0.6 is 11.6 Å². The Morgan fingerprint density at radius 1 is 1.22 bits per heavy atom. The van der Waals surface area contributed by atoms with Gasteiger partial charge in [-0.1, -0.05) is 31.0 Å². The van der Waals surface area contributed by atoms with Gasteiger partial charge in [-0.3, -0.25) is 0 Å².